The molecule has 5 rings (SSSR count). The summed E-state index contributed by atoms with van der Waals surface area (Å²) in [7, 11) is 0. The number of rotatable bonds is 7. The highest BCUT2D eigenvalue weighted by molar-refractivity contribution is 7.10. The SMILES string of the molecule is CC(C)(F)[C@H](c1cc(F)cc(F)c1)C1CN([C@H](c2ccc(Cl)cc2)c2nc(-c3n[nH]c(=O)o3)cs2)C1. The molecule has 0 aliphatic carbocycles. The molecule has 4 aromatic rings. The fourth-order valence-corrected chi connectivity index (χ4v) is 6.04. The van der Waals surface area contributed by atoms with E-state index in [2.05, 4.69) is 20.1 Å². The van der Waals surface area contributed by atoms with Gasteiger partial charge in [-0.1, -0.05) is 23.7 Å². The summed E-state index contributed by atoms with van der Waals surface area (Å²) in [5.41, 5.74) is -0.0474. The van der Waals surface area contributed by atoms with Gasteiger partial charge in [-0.2, -0.15) is 0 Å². The fourth-order valence-electron chi connectivity index (χ4n) is 4.96. The second kappa shape index (κ2) is 9.49. The minimum Gasteiger partial charge on any atom is -0.386 e. The van der Waals surface area contributed by atoms with Gasteiger partial charge in [-0.25, -0.2) is 28.0 Å². The first kappa shape index (κ1) is 24.7. The Labute approximate surface area is 213 Å². The van der Waals surface area contributed by atoms with Gasteiger partial charge in [-0.05, 0) is 55.2 Å². The molecule has 0 amide bonds. The number of nitrogens with zero attached hydrogens (tertiary/aromatic N) is 3. The first-order chi connectivity index (χ1) is 17.1. The van der Waals surface area contributed by atoms with Gasteiger partial charge in [0.15, 0.2) is 0 Å². The van der Waals surface area contributed by atoms with E-state index in [-0.39, 0.29) is 17.9 Å². The summed E-state index contributed by atoms with van der Waals surface area (Å²) in [5, 5.41) is 9.12. The van der Waals surface area contributed by atoms with E-state index >= 15 is 4.39 Å². The zero-order valence-electron chi connectivity index (χ0n) is 19.3. The van der Waals surface area contributed by atoms with Crippen LogP contribution in [-0.2, 0) is 0 Å². The van der Waals surface area contributed by atoms with Crippen molar-refractivity contribution in [2.45, 2.75) is 31.5 Å². The quantitative estimate of drug-likeness (QED) is 0.316. The first-order valence-corrected chi connectivity index (χ1v) is 12.5. The van der Waals surface area contributed by atoms with Crippen LogP contribution in [0.25, 0.3) is 11.6 Å². The minimum absolute atomic E-state index is 0.0891. The van der Waals surface area contributed by atoms with Gasteiger partial charge in [0.2, 0.25) is 0 Å². The first-order valence-electron chi connectivity index (χ1n) is 11.2. The molecular formula is C25H22ClF3N4O2S. The van der Waals surface area contributed by atoms with E-state index in [1.54, 1.807) is 17.5 Å². The number of halogens is 4. The molecule has 1 fully saturated rings. The van der Waals surface area contributed by atoms with E-state index in [1.165, 1.54) is 37.3 Å². The molecule has 0 spiro atoms. The van der Waals surface area contributed by atoms with Gasteiger partial charge < -0.3 is 4.42 Å². The Hall–Kier alpha value is -2.95. The molecule has 1 saturated heterocycles. The largest absolute Gasteiger partial charge is 0.434 e. The van der Waals surface area contributed by atoms with Crippen molar-refractivity contribution in [3.05, 3.63) is 91.2 Å². The minimum atomic E-state index is -1.70. The van der Waals surface area contributed by atoms with E-state index in [9.17, 15) is 13.6 Å². The van der Waals surface area contributed by atoms with Gasteiger partial charge in [-0.3, -0.25) is 4.90 Å². The van der Waals surface area contributed by atoms with Crippen molar-refractivity contribution in [2.75, 3.05) is 13.1 Å². The van der Waals surface area contributed by atoms with Crippen molar-refractivity contribution in [2.24, 2.45) is 5.92 Å². The zero-order valence-corrected chi connectivity index (χ0v) is 20.9. The van der Waals surface area contributed by atoms with Gasteiger partial charge in [0, 0.05) is 35.5 Å². The smallest absolute Gasteiger partial charge is 0.386 e. The van der Waals surface area contributed by atoms with Crippen LogP contribution in [0.15, 0.2) is 57.1 Å². The van der Waals surface area contributed by atoms with Gasteiger partial charge in [0.1, 0.15) is 28.0 Å². The number of nitrogens with one attached hydrogen (secondary N) is 1. The molecule has 188 valence electrons. The molecule has 1 N–H and O–H groups in total. The molecule has 2 aromatic carbocycles. The molecule has 1 aliphatic heterocycles. The second-order valence-corrected chi connectivity index (χ2v) is 10.7. The summed E-state index contributed by atoms with van der Waals surface area (Å²) in [6.45, 7) is 3.83. The number of alkyl halides is 1. The van der Waals surface area contributed by atoms with Gasteiger partial charge in [0.25, 0.3) is 5.89 Å². The number of aromatic nitrogens is 3. The average Bonchev–Trinajstić information content (AvgIpc) is 3.41. The summed E-state index contributed by atoms with van der Waals surface area (Å²) in [6.07, 6.45) is 0. The third-order valence-electron chi connectivity index (χ3n) is 6.36. The van der Waals surface area contributed by atoms with Crippen molar-refractivity contribution in [1.82, 2.24) is 20.1 Å². The number of hydrogen-bond donors (Lipinski definition) is 1. The molecule has 11 heteroatoms. The van der Waals surface area contributed by atoms with Crippen LogP contribution in [0.1, 0.15) is 41.9 Å². The van der Waals surface area contributed by atoms with Crippen LogP contribution in [0.4, 0.5) is 13.2 Å². The number of thiazole rings is 1. The third kappa shape index (κ3) is 4.98. The summed E-state index contributed by atoms with van der Waals surface area (Å²) in [5.74, 6) is -2.91. The van der Waals surface area contributed by atoms with Gasteiger partial charge in [-0.15, -0.1) is 16.4 Å². The standard InChI is InChI=1S/C25H22ClF3N4O2S/c1-25(2,29)20(14-7-17(27)9-18(28)8-14)15-10-33(11-15)21(13-3-5-16(26)6-4-13)23-30-19(12-36-23)22-31-32-24(34)35-22/h3-9,12,15,20-21H,10-11H2,1-2H3,(H,32,34)/t20-,21-/m1/s1. The van der Waals surface area contributed by atoms with Gasteiger partial charge in [0.05, 0.1) is 6.04 Å². The Morgan fingerprint density at radius 2 is 1.81 bits per heavy atom. The molecule has 1 aliphatic rings. The number of aromatic amines is 1. The Morgan fingerprint density at radius 3 is 2.39 bits per heavy atom. The maximum Gasteiger partial charge on any atom is 0.434 e. The Bertz CT molecular complexity index is 1400. The van der Waals surface area contributed by atoms with Crippen molar-refractivity contribution in [1.29, 1.82) is 0 Å². The summed E-state index contributed by atoms with van der Waals surface area (Å²) < 4.78 is 48.3. The summed E-state index contributed by atoms with van der Waals surface area (Å²) in [4.78, 5) is 18.1. The Balaban J connectivity index is 1.45. The lowest BCUT2D eigenvalue weighted by molar-refractivity contribution is 0.00802. The Kier molecular flexibility index (Phi) is 6.52. The fraction of sp³-hybridized carbons (Fsp3) is 0.320. The summed E-state index contributed by atoms with van der Waals surface area (Å²) >= 11 is 7.48. The molecular weight excluding hydrogens is 513 g/mol. The van der Waals surface area contributed by atoms with Crippen LogP contribution in [0.5, 0.6) is 0 Å². The predicted octanol–water partition coefficient (Wildman–Crippen LogP) is 5.97. The molecule has 0 saturated carbocycles. The normalized spacial score (nSPS) is 16.6. The zero-order chi connectivity index (χ0) is 25.6. The van der Waals surface area contributed by atoms with Crippen LogP contribution >= 0.6 is 22.9 Å². The van der Waals surface area contributed by atoms with E-state index in [0.29, 0.717) is 29.4 Å². The maximum atomic E-state index is 15.4. The number of benzene rings is 2. The lowest BCUT2D eigenvalue weighted by Crippen LogP contribution is -2.53. The van der Waals surface area contributed by atoms with E-state index in [0.717, 1.165) is 16.6 Å². The van der Waals surface area contributed by atoms with Crippen molar-refractivity contribution < 1.29 is 17.6 Å². The predicted molar refractivity (Wildman–Crippen MR) is 131 cm³/mol. The van der Waals surface area contributed by atoms with Crippen molar-refractivity contribution in [3.8, 4) is 11.6 Å². The molecule has 2 atom stereocenters. The molecule has 3 heterocycles. The lowest BCUT2D eigenvalue weighted by Gasteiger charge is -2.49. The second-order valence-electron chi connectivity index (χ2n) is 9.40. The number of likely N-dealkylation sites (tertiary alicyclic amines) is 1. The number of H-pyrrole nitrogens is 1. The monoisotopic (exact) mass is 534 g/mol. The van der Waals surface area contributed by atoms with Crippen molar-refractivity contribution in [3.63, 3.8) is 0 Å². The highest BCUT2D eigenvalue weighted by atomic mass is 35.5. The van der Waals surface area contributed by atoms with Crippen LogP contribution in [0, 0.1) is 17.6 Å². The van der Waals surface area contributed by atoms with E-state index < -0.39 is 29.0 Å². The highest BCUT2D eigenvalue weighted by Gasteiger charge is 2.46. The van der Waals surface area contributed by atoms with E-state index in [4.69, 9.17) is 16.0 Å². The number of hydrogen-bond acceptors (Lipinski definition) is 6. The highest BCUT2D eigenvalue weighted by Crippen LogP contribution is 2.46. The van der Waals surface area contributed by atoms with Crippen LogP contribution in [0.3, 0.4) is 0 Å². The Morgan fingerprint density at radius 1 is 1.14 bits per heavy atom. The molecule has 0 unspecified atom stereocenters. The third-order valence-corrected chi connectivity index (χ3v) is 7.51. The maximum absolute atomic E-state index is 15.4. The molecule has 0 radical (unpaired) electrons. The molecule has 0 bridgehead atoms. The van der Waals surface area contributed by atoms with Crippen LogP contribution < -0.4 is 5.76 Å². The molecule has 2 aromatic heterocycles. The van der Waals surface area contributed by atoms with Crippen molar-refractivity contribution >= 4 is 22.9 Å². The molecule has 36 heavy (non-hydrogen) atoms. The van der Waals surface area contributed by atoms with Crippen LogP contribution in [-0.4, -0.2) is 38.8 Å². The molecule has 6 nitrogen and oxygen atoms in total. The lowest BCUT2D eigenvalue weighted by atomic mass is 9.72. The van der Waals surface area contributed by atoms with Crippen LogP contribution in [0.2, 0.25) is 5.02 Å². The summed E-state index contributed by atoms with van der Waals surface area (Å²) in [6, 6.07) is 10.3. The topological polar surface area (TPSA) is 75.0 Å². The average molecular weight is 535 g/mol. The van der Waals surface area contributed by atoms with Gasteiger partial charge >= 0.3 is 5.76 Å². The van der Waals surface area contributed by atoms with E-state index in [1.807, 2.05) is 12.1 Å².